The minimum atomic E-state index is -0.244. The lowest BCUT2D eigenvalue weighted by molar-refractivity contribution is -0.123. The molecule has 2 aromatic carbocycles. The van der Waals surface area contributed by atoms with Crippen LogP contribution in [0.25, 0.3) is 0 Å². The smallest absolute Gasteiger partial charge is 0.238 e. The number of hydrogen-bond acceptors (Lipinski definition) is 5. The molecule has 30 heavy (non-hydrogen) atoms. The predicted molar refractivity (Wildman–Crippen MR) is 109 cm³/mol. The van der Waals surface area contributed by atoms with Gasteiger partial charge in [-0.15, -0.1) is 0 Å². The average Bonchev–Trinajstić information content (AvgIpc) is 3.46. The fourth-order valence-electron chi connectivity index (χ4n) is 4.90. The third-order valence-corrected chi connectivity index (χ3v) is 6.31. The molecule has 0 aromatic heterocycles. The lowest BCUT2D eigenvalue weighted by Gasteiger charge is -2.18. The van der Waals surface area contributed by atoms with Gasteiger partial charge in [0.05, 0.1) is 24.6 Å². The van der Waals surface area contributed by atoms with Crippen LogP contribution in [0.3, 0.4) is 0 Å². The molecule has 1 heterocycles. The lowest BCUT2D eigenvalue weighted by Crippen LogP contribution is -2.32. The highest BCUT2D eigenvalue weighted by atomic mass is 16.5. The van der Waals surface area contributed by atoms with E-state index >= 15 is 0 Å². The van der Waals surface area contributed by atoms with Gasteiger partial charge in [0, 0.05) is 11.6 Å². The van der Waals surface area contributed by atoms with Crippen LogP contribution in [0.2, 0.25) is 0 Å². The Kier molecular flexibility index (Phi) is 4.42. The Morgan fingerprint density at radius 3 is 2.33 bits per heavy atom. The van der Waals surface area contributed by atoms with Crippen LogP contribution in [0.15, 0.2) is 60.7 Å². The van der Waals surface area contributed by atoms with E-state index < -0.39 is 0 Å². The van der Waals surface area contributed by atoms with Gasteiger partial charge in [0.2, 0.25) is 11.8 Å². The molecule has 2 amide bonds. The van der Waals surface area contributed by atoms with E-state index in [1.807, 2.05) is 0 Å². The van der Waals surface area contributed by atoms with Gasteiger partial charge in [-0.1, -0.05) is 30.4 Å². The number of nitrogens with zero attached hydrogens (tertiary/aromatic N) is 1. The second kappa shape index (κ2) is 7.13. The average molecular weight is 403 g/mol. The van der Waals surface area contributed by atoms with Crippen molar-refractivity contribution in [3.63, 3.8) is 0 Å². The summed E-state index contributed by atoms with van der Waals surface area (Å²) in [4.78, 5) is 39.7. The molecule has 4 unspecified atom stereocenters. The molecule has 1 aliphatic heterocycles. The van der Waals surface area contributed by atoms with Gasteiger partial charge in [-0.25, -0.2) is 4.90 Å². The van der Waals surface area contributed by atoms with Gasteiger partial charge in [0.25, 0.3) is 0 Å². The molecule has 2 aromatic rings. The van der Waals surface area contributed by atoms with Crippen LogP contribution in [0.1, 0.15) is 16.8 Å². The summed E-state index contributed by atoms with van der Waals surface area (Å²) in [7, 11) is 1.54. The summed E-state index contributed by atoms with van der Waals surface area (Å²) >= 11 is 0. The number of fused-ring (bicyclic) bond motifs is 5. The van der Waals surface area contributed by atoms with E-state index in [2.05, 4.69) is 12.2 Å². The molecule has 4 atom stereocenters. The number of carbonyl (C=O) groups excluding carboxylic acids is 3. The van der Waals surface area contributed by atoms with Gasteiger partial charge in [-0.05, 0) is 42.5 Å². The second-order valence-corrected chi connectivity index (χ2v) is 7.95. The molecule has 6 nitrogen and oxygen atoms in total. The largest absolute Gasteiger partial charge is 0.497 e. The number of carbonyl (C=O) groups is 3. The zero-order valence-electron chi connectivity index (χ0n) is 16.5. The first-order valence-corrected chi connectivity index (χ1v) is 10.0. The zero-order chi connectivity index (χ0) is 20.8. The molecule has 3 aliphatic rings. The maximum absolute atomic E-state index is 13.0. The first-order valence-electron chi connectivity index (χ1n) is 10.0. The SMILES string of the molecule is COc1cccc(C(=O)COc2cccc(N3C(=O)C4C5C=CC(C5)C4C3=O)c2)c1. The number of imide groups is 1. The molecule has 0 N–H and O–H groups in total. The van der Waals surface area contributed by atoms with Crippen LogP contribution in [0, 0.1) is 23.7 Å². The number of amides is 2. The van der Waals surface area contributed by atoms with Crippen LogP contribution < -0.4 is 14.4 Å². The van der Waals surface area contributed by atoms with Gasteiger partial charge in [0.1, 0.15) is 11.5 Å². The van der Waals surface area contributed by atoms with E-state index in [0.717, 1.165) is 6.42 Å². The molecule has 5 rings (SSSR count). The topological polar surface area (TPSA) is 72.9 Å². The number of methoxy groups -OCH3 is 1. The highest BCUT2D eigenvalue weighted by Gasteiger charge is 2.59. The van der Waals surface area contributed by atoms with Gasteiger partial charge in [-0.2, -0.15) is 0 Å². The number of benzene rings is 2. The summed E-state index contributed by atoms with van der Waals surface area (Å²) in [5.74, 6) is 0.425. The van der Waals surface area contributed by atoms with Crippen LogP contribution in [0.4, 0.5) is 5.69 Å². The highest BCUT2D eigenvalue weighted by Crippen LogP contribution is 2.53. The number of hydrogen-bond donors (Lipinski definition) is 0. The maximum atomic E-state index is 13.0. The molecule has 0 spiro atoms. The monoisotopic (exact) mass is 403 g/mol. The van der Waals surface area contributed by atoms with Crippen molar-refractivity contribution in [2.24, 2.45) is 23.7 Å². The number of anilines is 1. The van der Waals surface area contributed by atoms with Crippen LogP contribution >= 0.6 is 0 Å². The van der Waals surface area contributed by atoms with Crippen molar-refractivity contribution in [3.8, 4) is 11.5 Å². The molecule has 2 fully saturated rings. The Labute approximate surface area is 174 Å². The van der Waals surface area contributed by atoms with Gasteiger partial charge >= 0.3 is 0 Å². The summed E-state index contributed by atoms with van der Waals surface area (Å²) in [6.45, 7) is -0.155. The number of Topliss-reactive ketones (excluding diaryl/α,β-unsaturated/α-hetero) is 1. The number of allylic oxidation sites excluding steroid dienone is 2. The van der Waals surface area contributed by atoms with E-state index in [1.165, 1.54) is 4.90 Å². The Morgan fingerprint density at radius 2 is 1.63 bits per heavy atom. The van der Waals surface area contributed by atoms with Crippen LogP contribution in [-0.4, -0.2) is 31.3 Å². The molecule has 152 valence electrons. The minimum absolute atomic E-state index is 0.133. The summed E-state index contributed by atoms with van der Waals surface area (Å²) in [5, 5.41) is 0. The molecule has 2 bridgehead atoms. The van der Waals surface area contributed by atoms with Crippen LogP contribution in [-0.2, 0) is 9.59 Å². The van der Waals surface area contributed by atoms with Crippen molar-refractivity contribution in [3.05, 3.63) is 66.2 Å². The number of rotatable bonds is 6. The third kappa shape index (κ3) is 2.91. The standard InChI is InChI=1S/C24H21NO5/c1-29-18-6-2-4-14(11-18)20(26)13-30-19-7-3-5-17(12-19)25-23(27)21-15-8-9-16(10-15)22(21)24(25)28/h2-9,11-12,15-16,21-22H,10,13H2,1H3. The fraction of sp³-hybridized carbons (Fsp3) is 0.292. The predicted octanol–water partition coefficient (Wildman–Crippen LogP) is 3.27. The number of ether oxygens (including phenoxy) is 2. The molecule has 6 heteroatoms. The van der Waals surface area contributed by atoms with Crippen molar-refractivity contribution in [1.29, 1.82) is 0 Å². The molecule has 1 saturated heterocycles. The summed E-state index contributed by atoms with van der Waals surface area (Å²) in [5.41, 5.74) is 0.983. The Bertz CT molecular complexity index is 1040. The minimum Gasteiger partial charge on any atom is -0.497 e. The van der Waals surface area contributed by atoms with E-state index in [4.69, 9.17) is 9.47 Å². The Balaban J connectivity index is 1.31. The van der Waals surface area contributed by atoms with Crippen molar-refractivity contribution >= 4 is 23.3 Å². The van der Waals surface area contributed by atoms with Crippen molar-refractivity contribution in [2.75, 3.05) is 18.6 Å². The molecule has 1 saturated carbocycles. The Hall–Kier alpha value is -3.41. The number of ketones is 1. The maximum Gasteiger partial charge on any atom is 0.238 e. The van der Waals surface area contributed by atoms with Crippen molar-refractivity contribution < 1.29 is 23.9 Å². The highest BCUT2D eigenvalue weighted by molar-refractivity contribution is 6.22. The first-order chi connectivity index (χ1) is 14.6. The van der Waals surface area contributed by atoms with Gasteiger partial charge in [-0.3, -0.25) is 14.4 Å². The second-order valence-electron chi connectivity index (χ2n) is 7.95. The van der Waals surface area contributed by atoms with E-state index in [9.17, 15) is 14.4 Å². The molecular formula is C24H21NO5. The zero-order valence-corrected chi connectivity index (χ0v) is 16.5. The summed E-state index contributed by atoms with van der Waals surface area (Å²) < 4.78 is 10.8. The van der Waals surface area contributed by atoms with Crippen molar-refractivity contribution in [2.45, 2.75) is 6.42 Å². The summed E-state index contributed by atoms with van der Waals surface area (Å²) in [6, 6.07) is 13.7. The molecule has 2 aliphatic carbocycles. The third-order valence-electron chi connectivity index (χ3n) is 6.31. The Morgan fingerprint density at radius 1 is 0.967 bits per heavy atom. The molecule has 0 radical (unpaired) electrons. The van der Waals surface area contributed by atoms with Gasteiger partial charge < -0.3 is 9.47 Å². The van der Waals surface area contributed by atoms with Crippen molar-refractivity contribution in [1.82, 2.24) is 0 Å². The summed E-state index contributed by atoms with van der Waals surface area (Å²) in [6.07, 6.45) is 5.05. The van der Waals surface area contributed by atoms with E-state index in [-0.39, 0.29) is 47.9 Å². The quantitative estimate of drug-likeness (QED) is 0.421. The normalized spacial score (nSPS) is 26.2. The van der Waals surface area contributed by atoms with E-state index in [1.54, 1.807) is 55.6 Å². The first kappa shape index (κ1) is 18.6. The van der Waals surface area contributed by atoms with Crippen LogP contribution in [0.5, 0.6) is 11.5 Å². The van der Waals surface area contributed by atoms with E-state index in [0.29, 0.717) is 22.7 Å². The molecular weight excluding hydrogens is 382 g/mol. The van der Waals surface area contributed by atoms with Gasteiger partial charge in [0.15, 0.2) is 12.4 Å². The lowest BCUT2D eigenvalue weighted by atomic mass is 9.85. The fourth-order valence-corrected chi connectivity index (χ4v) is 4.90.